The van der Waals surface area contributed by atoms with Crippen LogP contribution >= 0.6 is 0 Å². The summed E-state index contributed by atoms with van der Waals surface area (Å²) in [5.41, 5.74) is 1.26. The SMILES string of the molecule is Cc1cccc(S(=O)(=O)NC(=O)c2ccc(-c3cc(F)cc(OCC(C)C)c3)nc2OCC2CCCC2)n1. The Morgan fingerprint density at radius 2 is 1.84 bits per heavy atom. The topological polar surface area (TPSA) is 107 Å². The Morgan fingerprint density at radius 3 is 2.55 bits per heavy atom. The number of rotatable bonds is 10. The van der Waals surface area contributed by atoms with Gasteiger partial charge in [0.15, 0.2) is 5.03 Å². The van der Waals surface area contributed by atoms with Crippen LogP contribution in [0.3, 0.4) is 0 Å². The number of nitrogens with zero attached hydrogens (tertiary/aromatic N) is 2. The van der Waals surface area contributed by atoms with Gasteiger partial charge < -0.3 is 9.47 Å². The molecular weight excluding hydrogens is 509 g/mol. The predicted octanol–water partition coefficient (Wildman–Crippen LogP) is 5.31. The van der Waals surface area contributed by atoms with E-state index in [-0.39, 0.29) is 22.4 Å². The number of ether oxygens (including phenoxy) is 2. The highest BCUT2D eigenvalue weighted by molar-refractivity contribution is 7.90. The second-order valence-electron chi connectivity index (χ2n) is 9.94. The first kappa shape index (κ1) is 27.5. The second-order valence-corrected chi connectivity index (χ2v) is 11.6. The Morgan fingerprint density at radius 1 is 1.08 bits per heavy atom. The molecule has 1 aliphatic carbocycles. The molecule has 0 bridgehead atoms. The first-order valence-corrected chi connectivity index (χ1v) is 14.2. The molecule has 4 rings (SSSR count). The van der Waals surface area contributed by atoms with Crippen LogP contribution in [0.1, 0.15) is 55.6 Å². The lowest BCUT2D eigenvalue weighted by Gasteiger charge is -2.16. The van der Waals surface area contributed by atoms with Crippen molar-refractivity contribution in [1.82, 2.24) is 14.7 Å². The highest BCUT2D eigenvalue weighted by Gasteiger charge is 2.25. The fourth-order valence-electron chi connectivity index (χ4n) is 4.21. The van der Waals surface area contributed by atoms with Crippen LogP contribution in [0.15, 0.2) is 53.6 Å². The molecule has 0 spiro atoms. The molecule has 3 aromatic rings. The number of aromatic nitrogens is 2. The molecule has 1 saturated carbocycles. The third kappa shape index (κ3) is 7.06. The van der Waals surface area contributed by atoms with Crippen molar-refractivity contribution in [2.75, 3.05) is 13.2 Å². The van der Waals surface area contributed by atoms with Crippen LogP contribution in [-0.2, 0) is 10.0 Å². The maximum atomic E-state index is 14.4. The summed E-state index contributed by atoms with van der Waals surface area (Å²) >= 11 is 0. The lowest BCUT2D eigenvalue weighted by atomic mass is 10.1. The standard InChI is InChI=1S/C28H32FN3O5S/c1-18(2)16-36-23-14-21(13-22(29)15-23)25-12-11-24(28(31-25)37-17-20-8-4-5-9-20)27(33)32-38(34,35)26-10-6-7-19(3)30-26/h6-7,10-15,18,20H,4-5,8-9,16-17H2,1-3H3,(H,32,33). The maximum Gasteiger partial charge on any atom is 0.281 e. The summed E-state index contributed by atoms with van der Waals surface area (Å²) in [6.07, 6.45) is 4.24. The summed E-state index contributed by atoms with van der Waals surface area (Å²) < 4.78 is 53.7. The summed E-state index contributed by atoms with van der Waals surface area (Å²) in [7, 11) is -4.22. The number of hydrogen-bond acceptors (Lipinski definition) is 7. The first-order chi connectivity index (χ1) is 18.1. The summed E-state index contributed by atoms with van der Waals surface area (Å²) in [6, 6.07) is 11.8. The maximum absolute atomic E-state index is 14.4. The van der Waals surface area contributed by atoms with E-state index in [4.69, 9.17) is 9.47 Å². The average molecular weight is 542 g/mol. The molecule has 1 fully saturated rings. The number of carbonyl (C=O) groups excluding carboxylic acids is 1. The zero-order valence-corrected chi connectivity index (χ0v) is 22.6. The highest BCUT2D eigenvalue weighted by Crippen LogP contribution is 2.30. The van der Waals surface area contributed by atoms with Gasteiger partial charge in [0.25, 0.3) is 15.9 Å². The normalized spacial score (nSPS) is 14.0. The van der Waals surface area contributed by atoms with Gasteiger partial charge in [-0.25, -0.2) is 19.1 Å². The zero-order chi connectivity index (χ0) is 27.3. The fourth-order valence-corrected chi connectivity index (χ4v) is 5.19. The van der Waals surface area contributed by atoms with Crippen LogP contribution in [0.25, 0.3) is 11.3 Å². The number of halogens is 1. The fraction of sp³-hybridized carbons (Fsp3) is 0.393. The van der Waals surface area contributed by atoms with Gasteiger partial charge in [-0.05, 0) is 68.0 Å². The molecule has 0 unspecified atom stereocenters. The molecule has 1 amide bonds. The van der Waals surface area contributed by atoms with Crippen LogP contribution in [-0.4, -0.2) is 37.5 Å². The Balaban J connectivity index is 1.65. The zero-order valence-electron chi connectivity index (χ0n) is 21.7. The lowest BCUT2D eigenvalue weighted by molar-refractivity contribution is 0.0975. The largest absolute Gasteiger partial charge is 0.493 e. The number of hydrogen-bond donors (Lipinski definition) is 1. The van der Waals surface area contributed by atoms with E-state index >= 15 is 0 Å². The van der Waals surface area contributed by atoms with E-state index in [2.05, 4.69) is 14.7 Å². The van der Waals surface area contributed by atoms with Gasteiger partial charge in [-0.3, -0.25) is 4.79 Å². The van der Waals surface area contributed by atoms with E-state index in [0.29, 0.717) is 41.8 Å². The van der Waals surface area contributed by atoms with E-state index < -0.39 is 21.7 Å². The Kier molecular flexibility index (Phi) is 8.61. The van der Waals surface area contributed by atoms with Crippen molar-refractivity contribution in [2.45, 2.75) is 51.5 Å². The van der Waals surface area contributed by atoms with Crippen LogP contribution in [0.5, 0.6) is 11.6 Å². The number of benzene rings is 1. The van der Waals surface area contributed by atoms with E-state index in [0.717, 1.165) is 25.7 Å². The molecular formula is C28H32FN3O5S. The van der Waals surface area contributed by atoms with Gasteiger partial charge in [-0.2, -0.15) is 8.42 Å². The van der Waals surface area contributed by atoms with Crippen molar-refractivity contribution in [2.24, 2.45) is 11.8 Å². The van der Waals surface area contributed by atoms with Gasteiger partial charge >= 0.3 is 0 Å². The van der Waals surface area contributed by atoms with Crippen LogP contribution < -0.4 is 14.2 Å². The smallest absolute Gasteiger partial charge is 0.281 e. The first-order valence-electron chi connectivity index (χ1n) is 12.7. The number of aryl methyl sites for hydroxylation is 1. The predicted molar refractivity (Wildman–Crippen MR) is 141 cm³/mol. The Hall–Kier alpha value is -3.53. The number of pyridine rings is 2. The molecule has 1 N–H and O–H groups in total. The minimum Gasteiger partial charge on any atom is -0.493 e. The second kappa shape index (κ2) is 11.9. The number of nitrogens with one attached hydrogen (secondary N) is 1. The molecule has 202 valence electrons. The number of sulfonamides is 1. The molecule has 8 nitrogen and oxygen atoms in total. The van der Waals surface area contributed by atoms with Gasteiger partial charge in [-0.15, -0.1) is 0 Å². The van der Waals surface area contributed by atoms with Crippen molar-refractivity contribution >= 4 is 15.9 Å². The van der Waals surface area contributed by atoms with E-state index in [9.17, 15) is 17.6 Å². The van der Waals surface area contributed by atoms with Crippen molar-refractivity contribution in [3.8, 4) is 22.9 Å². The Labute approximate surface area is 222 Å². The van der Waals surface area contributed by atoms with E-state index in [1.165, 1.54) is 30.3 Å². The molecule has 38 heavy (non-hydrogen) atoms. The molecule has 10 heteroatoms. The van der Waals surface area contributed by atoms with Crippen molar-refractivity contribution in [3.05, 3.63) is 65.6 Å². The van der Waals surface area contributed by atoms with Crippen molar-refractivity contribution in [3.63, 3.8) is 0 Å². The molecule has 0 radical (unpaired) electrons. The molecule has 1 aliphatic rings. The van der Waals surface area contributed by atoms with Crippen LogP contribution in [0.4, 0.5) is 4.39 Å². The minimum absolute atomic E-state index is 0.0202. The summed E-state index contributed by atoms with van der Waals surface area (Å²) in [5, 5.41) is -0.266. The van der Waals surface area contributed by atoms with Gasteiger partial charge in [0.05, 0.1) is 18.9 Å². The van der Waals surface area contributed by atoms with Crippen molar-refractivity contribution < 1.29 is 27.1 Å². The van der Waals surface area contributed by atoms with Gasteiger partial charge in [0.2, 0.25) is 5.88 Å². The highest BCUT2D eigenvalue weighted by atomic mass is 32.2. The molecule has 1 aromatic carbocycles. The summed E-state index contributed by atoms with van der Waals surface area (Å²) in [5.74, 6) is -0.457. The van der Waals surface area contributed by atoms with E-state index in [1.54, 1.807) is 25.1 Å². The van der Waals surface area contributed by atoms with Crippen molar-refractivity contribution in [1.29, 1.82) is 0 Å². The molecule has 0 saturated heterocycles. The lowest BCUT2D eigenvalue weighted by Crippen LogP contribution is -2.32. The molecule has 0 atom stereocenters. The third-order valence-corrected chi connectivity index (χ3v) is 7.38. The monoisotopic (exact) mass is 541 g/mol. The van der Waals surface area contributed by atoms with Gasteiger partial charge in [0, 0.05) is 17.3 Å². The number of amides is 1. The van der Waals surface area contributed by atoms with E-state index in [1.807, 2.05) is 13.8 Å². The average Bonchev–Trinajstić information content (AvgIpc) is 3.39. The molecule has 0 aliphatic heterocycles. The van der Waals surface area contributed by atoms with Gasteiger partial charge in [0.1, 0.15) is 17.1 Å². The Bertz CT molecular complexity index is 1410. The third-order valence-electron chi connectivity index (χ3n) is 6.15. The molecule has 2 aromatic heterocycles. The minimum atomic E-state index is -4.22. The quantitative estimate of drug-likeness (QED) is 0.370. The summed E-state index contributed by atoms with van der Waals surface area (Å²) in [4.78, 5) is 21.6. The summed E-state index contributed by atoms with van der Waals surface area (Å²) in [6.45, 7) is 6.41. The van der Waals surface area contributed by atoms with Crippen LogP contribution in [0, 0.1) is 24.6 Å². The number of carbonyl (C=O) groups is 1. The van der Waals surface area contributed by atoms with Gasteiger partial charge in [-0.1, -0.05) is 32.8 Å². The molecule has 2 heterocycles. The van der Waals surface area contributed by atoms with Crippen LogP contribution in [0.2, 0.25) is 0 Å².